The van der Waals surface area contributed by atoms with E-state index in [4.69, 9.17) is 9.98 Å². The summed E-state index contributed by atoms with van der Waals surface area (Å²) in [4.78, 5) is 14.4. The third-order valence-electron chi connectivity index (χ3n) is 5.55. The molecule has 0 N–H and O–H groups in total. The number of piperazine rings is 1. The summed E-state index contributed by atoms with van der Waals surface area (Å²) in [6.45, 7) is 15.8. The van der Waals surface area contributed by atoms with E-state index in [1.165, 1.54) is 5.56 Å². The predicted octanol–water partition coefficient (Wildman–Crippen LogP) is 4.92. The van der Waals surface area contributed by atoms with Gasteiger partial charge in [0.15, 0.2) is 11.3 Å². The van der Waals surface area contributed by atoms with Gasteiger partial charge in [0, 0.05) is 39.6 Å². The molecule has 1 aliphatic heterocycles. The van der Waals surface area contributed by atoms with Gasteiger partial charge in [-0.05, 0) is 47.1 Å². The van der Waals surface area contributed by atoms with Crippen molar-refractivity contribution in [2.75, 3.05) is 45.2 Å². The van der Waals surface area contributed by atoms with Crippen LogP contribution in [-0.4, -0.2) is 54.7 Å². The number of anilines is 1. The molecule has 32 heavy (non-hydrogen) atoms. The van der Waals surface area contributed by atoms with Crippen molar-refractivity contribution in [1.82, 2.24) is 14.5 Å². The highest BCUT2D eigenvalue weighted by Crippen LogP contribution is 2.23. The first-order valence-corrected chi connectivity index (χ1v) is 12.0. The predicted molar refractivity (Wildman–Crippen MR) is 139 cm³/mol. The number of thiophene rings is 1. The fourth-order valence-electron chi connectivity index (χ4n) is 3.83. The third kappa shape index (κ3) is 4.94. The van der Waals surface area contributed by atoms with Crippen molar-refractivity contribution in [1.29, 1.82) is 0 Å². The lowest BCUT2D eigenvalue weighted by molar-refractivity contribution is 0.311. The maximum atomic E-state index is 5.04. The van der Waals surface area contributed by atoms with Crippen LogP contribution in [0.4, 0.5) is 5.82 Å². The molecule has 0 aliphatic carbocycles. The Morgan fingerprint density at radius 1 is 1.22 bits per heavy atom. The summed E-state index contributed by atoms with van der Waals surface area (Å²) in [7, 11) is 3.99. The number of allylic oxidation sites excluding steroid dienone is 1. The second-order valence-corrected chi connectivity index (χ2v) is 8.27. The minimum absolute atomic E-state index is 0.736. The van der Waals surface area contributed by atoms with Crippen molar-refractivity contribution in [3.8, 4) is 0 Å². The van der Waals surface area contributed by atoms with Crippen LogP contribution in [0, 0.1) is 0 Å². The third-order valence-corrected chi connectivity index (χ3v) is 6.29. The minimum Gasteiger partial charge on any atom is -0.351 e. The van der Waals surface area contributed by atoms with E-state index in [0.29, 0.717) is 0 Å². The number of aromatic nitrogens is 2. The van der Waals surface area contributed by atoms with Gasteiger partial charge in [0.05, 0.1) is 16.7 Å². The lowest BCUT2D eigenvalue weighted by Crippen LogP contribution is -2.47. The first-order valence-electron chi connectivity index (χ1n) is 11.1. The van der Waals surface area contributed by atoms with Gasteiger partial charge in [-0.1, -0.05) is 39.1 Å². The fourth-order valence-corrected chi connectivity index (χ4v) is 4.50. The average Bonchev–Trinajstić information content (AvgIpc) is 3.36. The average molecular weight is 448 g/mol. The Morgan fingerprint density at radius 3 is 2.56 bits per heavy atom. The molecule has 5 nitrogen and oxygen atoms in total. The van der Waals surface area contributed by atoms with Gasteiger partial charge < -0.3 is 9.80 Å². The van der Waals surface area contributed by atoms with Gasteiger partial charge in [-0.3, -0.25) is 9.56 Å². The molecule has 0 radical (unpaired) electrons. The minimum atomic E-state index is 0.736. The number of nitrogens with zero attached hydrogens (tertiary/aromatic N) is 5. The van der Waals surface area contributed by atoms with Crippen LogP contribution in [-0.2, 0) is 6.42 Å². The van der Waals surface area contributed by atoms with Gasteiger partial charge in [0.25, 0.3) is 0 Å². The van der Waals surface area contributed by atoms with E-state index in [9.17, 15) is 0 Å². The van der Waals surface area contributed by atoms with E-state index < -0.39 is 0 Å². The van der Waals surface area contributed by atoms with Crippen LogP contribution in [0.2, 0.25) is 0 Å². The number of hydrogen-bond acceptors (Lipinski definition) is 5. The molecule has 0 spiro atoms. The molecule has 3 aromatic rings. The van der Waals surface area contributed by atoms with Gasteiger partial charge in [-0.2, -0.15) is 11.3 Å². The van der Waals surface area contributed by atoms with E-state index in [2.05, 4.69) is 75.3 Å². The Hall–Kier alpha value is -2.92. The molecular formula is C26H33N5S. The number of rotatable bonds is 5. The molecule has 0 atom stereocenters. The molecule has 168 valence electrons. The summed E-state index contributed by atoms with van der Waals surface area (Å²) in [6, 6.07) is 8.38. The van der Waals surface area contributed by atoms with Crippen molar-refractivity contribution < 1.29 is 0 Å². The van der Waals surface area contributed by atoms with Gasteiger partial charge in [0.1, 0.15) is 0 Å². The van der Waals surface area contributed by atoms with Crippen molar-refractivity contribution in [2.45, 2.75) is 20.3 Å². The van der Waals surface area contributed by atoms with Crippen molar-refractivity contribution in [3.05, 3.63) is 70.5 Å². The van der Waals surface area contributed by atoms with E-state index in [0.717, 1.165) is 66.2 Å². The first kappa shape index (κ1) is 23.7. The van der Waals surface area contributed by atoms with E-state index >= 15 is 0 Å². The summed E-state index contributed by atoms with van der Waals surface area (Å²) in [5.74, 6) is 0.919. The Bertz CT molecular complexity index is 1170. The zero-order valence-corrected chi connectivity index (χ0v) is 20.5. The number of fused-ring (bicyclic) bond motifs is 1. The SMILES string of the molecule is C=C=C(Cc1ccsc1)n1c(=NC)c(N2CCN(C)CC2)nc2ccc(C=C)cc21.CC. The van der Waals surface area contributed by atoms with Crippen LogP contribution in [0.25, 0.3) is 22.8 Å². The van der Waals surface area contributed by atoms with Crippen LogP contribution < -0.4 is 10.4 Å². The molecule has 2 aromatic heterocycles. The van der Waals surface area contributed by atoms with Gasteiger partial charge >= 0.3 is 0 Å². The zero-order valence-electron chi connectivity index (χ0n) is 19.6. The highest BCUT2D eigenvalue weighted by atomic mass is 32.1. The molecule has 1 saturated heterocycles. The van der Waals surface area contributed by atoms with Crippen molar-refractivity contribution in [2.24, 2.45) is 4.99 Å². The Labute approximate surface area is 195 Å². The maximum Gasteiger partial charge on any atom is 0.176 e. The molecule has 0 saturated carbocycles. The van der Waals surface area contributed by atoms with Gasteiger partial charge in [-0.15, -0.1) is 5.73 Å². The molecular weight excluding hydrogens is 414 g/mol. The zero-order chi connectivity index (χ0) is 23.1. The lowest BCUT2D eigenvalue weighted by atomic mass is 10.1. The van der Waals surface area contributed by atoms with E-state index in [-0.39, 0.29) is 0 Å². The number of hydrogen-bond donors (Lipinski definition) is 0. The summed E-state index contributed by atoms with van der Waals surface area (Å²) >= 11 is 1.70. The van der Waals surface area contributed by atoms with Crippen molar-refractivity contribution in [3.63, 3.8) is 0 Å². The normalized spacial score (nSPS) is 14.6. The molecule has 3 heterocycles. The highest BCUT2D eigenvalue weighted by molar-refractivity contribution is 7.07. The van der Waals surface area contributed by atoms with Gasteiger partial charge in [-0.25, -0.2) is 4.98 Å². The molecule has 0 amide bonds. The first-order chi connectivity index (χ1) is 15.6. The smallest absolute Gasteiger partial charge is 0.176 e. The molecule has 1 fully saturated rings. The van der Waals surface area contributed by atoms with Crippen molar-refractivity contribution >= 4 is 40.0 Å². The van der Waals surface area contributed by atoms with Crippen LogP contribution >= 0.6 is 11.3 Å². The summed E-state index contributed by atoms with van der Waals surface area (Å²) in [5.41, 5.74) is 9.22. The summed E-state index contributed by atoms with van der Waals surface area (Å²) in [6.07, 6.45) is 2.59. The molecule has 0 unspecified atom stereocenters. The van der Waals surface area contributed by atoms with E-state index in [1.54, 1.807) is 11.3 Å². The Balaban J connectivity index is 0.00000141. The molecule has 0 bridgehead atoms. The van der Waals surface area contributed by atoms with Crippen LogP contribution in [0.1, 0.15) is 25.0 Å². The fraction of sp³-hybridized carbons (Fsp3) is 0.346. The highest BCUT2D eigenvalue weighted by Gasteiger charge is 2.21. The number of likely N-dealkylation sites (N-methyl/N-ethyl adjacent to an activating group) is 1. The maximum absolute atomic E-state index is 5.04. The molecule has 6 heteroatoms. The molecule has 4 rings (SSSR count). The van der Waals surface area contributed by atoms with Crippen LogP contribution in [0.15, 0.2) is 58.9 Å². The second kappa shape index (κ2) is 11.1. The lowest BCUT2D eigenvalue weighted by Gasteiger charge is -2.33. The topological polar surface area (TPSA) is 36.7 Å². The van der Waals surface area contributed by atoms with E-state index in [1.807, 2.05) is 27.0 Å². The summed E-state index contributed by atoms with van der Waals surface area (Å²) < 4.78 is 2.17. The Morgan fingerprint density at radius 2 is 1.97 bits per heavy atom. The monoisotopic (exact) mass is 447 g/mol. The largest absolute Gasteiger partial charge is 0.351 e. The van der Waals surface area contributed by atoms with Crippen LogP contribution in [0.5, 0.6) is 0 Å². The van der Waals surface area contributed by atoms with Crippen LogP contribution in [0.3, 0.4) is 0 Å². The molecule has 1 aromatic carbocycles. The van der Waals surface area contributed by atoms with Gasteiger partial charge in [0.2, 0.25) is 0 Å². The molecule has 1 aliphatic rings. The summed E-state index contributed by atoms with van der Waals surface area (Å²) in [5, 5.41) is 4.27. The Kier molecular flexibility index (Phi) is 8.23. The standard InChI is InChI=1S/C24H27N5S.C2H6/c1-5-18-7-8-21-22(16-18)29(20(6-2)15-19-9-14-30-17-19)23(25-3)24(26-21)28-12-10-27(4)11-13-28;1-2/h5,7-9,14,16-17H,1-2,10-13,15H2,3-4H3;1-2H3. The number of benzene rings is 1. The quantitative estimate of drug-likeness (QED) is 0.521. The second-order valence-electron chi connectivity index (χ2n) is 7.49.